The lowest BCUT2D eigenvalue weighted by molar-refractivity contribution is -0.131. The van der Waals surface area contributed by atoms with E-state index in [1.165, 1.54) is 7.11 Å². The molecule has 1 N–H and O–H groups in total. The second-order valence-electron chi connectivity index (χ2n) is 6.77. The maximum absolute atomic E-state index is 12.5. The Morgan fingerprint density at radius 3 is 2.32 bits per heavy atom. The molecule has 2 aromatic carbocycles. The minimum absolute atomic E-state index is 0.0605. The van der Waals surface area contributed by atoms with E-state index in [9.17, 15) is 14.4 Å². The van der Waals surface area contributed by atoms with E-state index in [-0.39, 0.29) is 30.1 Å². The fourth-order valence-corrected chi connectivity index (χ4v) is 3.42. The molecule has 3 rings (SSSR count). The lowest BCUT2D eigenvalue weighted by Crippen LogP contribution is -2.45. The number of carbonyl (C=O) groups excluding carboxylic acids is 3. The van der Waals surface area contributed by atoms with Gasteiger partial charge in [0.15, 0.2) is 5.78 Å². The zero-order valence-electron chi connectivity index (χ0n) is 15.9. The summed E-state index contributed by atoms with van der Waals surface area (Å²) in [6.45, 7) is 0.966. The summed E-state index contributed by atoms with van der Waals surface area (Å²) >= 11 is 0. The molecular formula is C22H24N2O4. The van der Waals surface area contributed by atoms with Gasteiger partial charge in [0.2, 0.25) is 5.91 Å². The molecular weight excluding hydrogens is 356 g/mol. The van der Waals surface area contributed by atoms with Crippen molar-refractivity contribution in [2.24, 2.45) is 5.92 Å². The molecule has 6 nitrogen and oxygen atoms in total. The lowest BCUT2D eigenvalue weighted by Gasteiger charge is -2.31. The third-order valence-corrected chi connectivity index (χ3v) is 5.03. The van der Waals surface area contributed by atoms with E-state index >= 15 is 0 Å². The average molecular weight is 380 g/mol. The topological polar surface area (TPSA) is 75.7 Å². The molecule has 1 heterocycles. The second kappa shape index (κ2) is 9.17. The fraction of sp³-hybridized carbons (Fsp3) is 0.318. The summed E-state index contributed by atoms with van der Waals surface area (Å²) in [6, 6.07) is 16.1. The van der Waals surface area contributed by atoms with Crippen molar-refractivity contribution in [3.63, 3.8) is 0 Å². The number of hydrogen-bond acceptors (Lipinski definition) is 4. The lowest BCUT2D eigenvalue weighted by atomic mass is 9.89. The van der Waals surface area contributed by atoms with Crippen LogP contribution in [0.3, 0.4) is 0 Å². The van der Waals surface area contributed by atoms with Gasteiger partial charge in [-0.25, -0.2) is 0 Å². The average Bonchev–Trinajstić information content (AvgIpc) is 2.77. The number of carbonyl (C=O) groups is 3. The standard InChI is InChI=1S/C22H24N2O4/c1-28-19-10-6-5-9-18(19)22(27)23-15-20(25)24-13-11-17(12-14-24)21(26)16-7-3-2-4-8-16/h2-10,17H,11-15H2,1H3,(H,23,27). The highest BCUT2D eigenvalue weighted by molar-refractivity contribution is 5.99. The Bertz CT molecular complexity index is 843. The number of piperidine rings is 1. The first-order chi connectivity index (χ1) is 13.6. The van der Waals surface area contributed by atoms with Gasteiger partial charge in [0.05, 0.1) is 19.2 Å². The van der Waals surface area contributed by atoms with Gasteiger partial charge < -0.3 is 15.0 Å². The van der Waals surface area contributed by atoms with E-state index in [0.717, 1.165) is 5.56 Å². The molecule has 1 aliphatic rings. The van der Waals surface area contributed by atoms with Crippen LogP contribution in [0.4, 0.5) is 0 Å². The van der Waals surface area contributed by atoms with E-state index in [2.05, 4.69) is 5.32 Å². The first-order valence-corrected chi connectivity index (χ1v) is 9.38. The van der Waals surface area contributed by atoms with Crippen LogP contribution in [0.2, 0.25) is 0 Å². The maximum Gasteiger partial charge on any atom is 0.255 e. The minimum Gasteiger partial charge on any atom is -0.496 e. The van der Waals surface area contributed by atoms with Crippen LogP contribution in [-0.2, 0) is 4.79 Å². The predicted octanol–water partition coefficient (Wildman–Crippen LogP) is 2.55. The van der Waals surface area contributed by atoms with Crippen LogP contribution >= 0.6 is 0 Å². The van der Waals surface area contributed by atoms with Crippen LogP contribution in [0.1, 0.15) is 33.6 Å². The molecule has 2 aromatic rings. The summed E-state index contributed by atoms with van der Waals surface area (Å²) in [7, 11) is 1.50. The van der Waals surface area contributed by atoms with Gasteiger partial charge in [-0.2, -0.15) is 0 Å². The zero-order chi connectivity index (χ0) is 19.9. The number of likely N-dealkylation sites (tertiary alicyclic amines) is 1. The van der Waals surface area contributed by atoms with E-state index < -0.39 is 0 Å². The number of rotatable bonds is 6. The number of nitrogens with zero attached hydrogens (tertiary/aromatic N) is 1. The number of benzene rings is 2. The molecule has 1 saturated heterocycles. The van der Waals surface area contributed by atoms with Crippen molar-refractivity contribution in [2.45, 2.75) is 12.8 Å². The van der Waals surface area contributed by atoms with Crippen LogP contribution in [0, 0.1) is 5.92 Å². The summed E-state index contributed by atoms with van der Waals surface area (Å²) in [5.41, 5.74) is 1.11. The molecule has 0 unspecified atom stereocenters. The Labute approximate surface area is 164 Å². The van der Waals surface area contributed by atoms with Crippen molar-refractivity contribution < 1.29 is 19.1 Å². The maximum atomic E-state index is 12.5. The summed E-state index contributed by atoms with van der Waals surface area (Å²) in [4.78, 5) is 39.0. The number of Topliss-reactive ketones (excluding diaryl/α,β-unsaturated/α-hetero) is 1. The molecule has 0 aromatic heterocycles. The number of amides is 2. The molecule has 146 valence electrons. The van der Waals surface area contributed by atoms with Gasteiger partial charge in [-0.1, -0.05) is 42.5 Å². The highest BCUT2D eigenvalue weighted by Gasteiger charge is 2.28. The van der Waals surface area contributed by atoms with Crippen LogP contribution in [0.5, 0.6) is 5.75 Å². The van der Waals surface area contributed by atoms with Crippen LogP contribution in [0.25, 0.3) is 0 Å². The van der Waals surface area contributed by atoms with E-state index in [4.69, 9.17) is 4.74 Å². The number of nitrogens with one attached hydrogen (secondary N) is 1. The molecule has 1 fully saturated rings. The largest absolute Gasteiger partial charge is 0.496 e. The molecule has 0 spiro atoms. The normalized spacial score (nSPS) is 14.4. The molecule has 2 amide bonds. The molecule has 28 heavy (non-hydrogen) atoms. The summed E-state index contributed by atoms with van der Waals surface area (Å²) in [5, 5.41) is 2.65. The summed E-state index contributed by atoms with van der Waals surface area (Å²) in [5.74, 6) is 0.0493. The number of methoxy groups -OCH3 is 1. The predicted molar refractivity (Wildman–Crippen MR) is 105 cm³/mol. The monoisotopic (exact) mass is 380 g/mol. The third kappa shape index (κ3) is 4.57. The number of ether oxygens (including phenoxy) is 1. The van der Waals surface area contributed by atoms with Gasteiger partial charge in [0, 0.05) is 24.6 Å². The molecule has 0 atom stereocenters. The Balaban J connectivity index is 1.49. The highest BCUT2D eigenvalue weighted by atomic mass is 16.5. The van der Waals surface area contributed by atoms with Crippen LogP contribution in [0.15, 0.2) is 54.6 Å². The first-order valence-electron chi connectivity index (χ1n) is 9.38. The first kappa shape index (κ1) is 19.6. The van der Waals surface area contributed by atoms with Crippen molar-refractivity contribution in [1.29, 1.82) is 0 Å². The fourth-order valence-electron chi connectivity index (χ4n) is 3.42. The van der Waals surface area contributed by atoms with Crippen molar-refractivity contribution in [3.8, 4) is 5.75 Å². The van der Waals surface area contributed by atoms with Gasteiger partial charge >= 0.3 is 0 Å². The van der Waals surface area contributed by atoms with Gasteiger partial charge in [0.1, 0.15) is 5.75 Å². The smallest absolute Gasteiger partial charge is 0.255 e. The Hall–Kier alpha value is -3.15. The SMILES string of the molecule is COc1ccccc1C(=O)NCC(=O)N1CCC(C(=O)c2ccccc2)CC1. The van der Waals surface area contributed by atoms with Crippen molar-refractivity contribution in [2.75, 3.05) is 26.7 Å². The van der Waals surface area contributed by atoms with Crippen molar-refractivity contribution in [1.82, 2.24) is 10.2 Å². The van der Waals surface area contributed by atoms with Crippen molar-refractivity contribution >= 4 is 17.6 Å². The second-order valence-corrected chi connectivity index (χ2v) is 6.77. The molecule has 0 aliphatic carbocycles. The highest BCUT2D eigenvalue weighted by Crippen LogP contribution is 2.22. The van der Waals surface area contributed by atoms with Gasteiger partial charge in [-0.05, 0) is 25.0 Å². The number of para-hydroxylation sites is 1. The Morgan fingerprint density at radius 1 is 1.00 bits per heavy atom. The molecule has 1 aliphatic heterocycles. The zero-order valence-corrected chi connectivity index (χ0v) is 15.9. The molecule has 6 heteroatoms. The number of hydrogen-bond donors (Lipinski definition) is 1. The minimum atomic E-state index is -0.347. The third-order valence-electron chi connectivity index (χ3n) is 5.03. The quantitative estimate of drug-likeness (QED) is 0.782. The van der Waals surface area contributed by atoms with Gasteiger partial charge in [-0.3, -0.25) is 14.4 Å². The molecule has 0 bridgehead atoms. The van der Waals surface area contributed by atoms with Crippen LogP contribution < -0.4 is 10.1 Å². The summed E-state index contributed by atoms with van der Waals surface area (Å²) in [6.07, 6.45) is 1.28. The Morgan fingerprint density at radius 2 is 1.64 bits per heavy atom. The van der Waals surface area contributed by atoms with E-state index in [0.29, 0.717) is 37.2 Å². The molecule has 0 radical (unpaired) electrons. The Kier molecular flexibility index (Phi) is 6.42. The number of ketones is 1. The van der Waals surface area contributed by atoms with E-state index in [1.807, 2.05) is 30.3 Å². The van der Waals surface area contributed by atoms with Gasteiger partial charge in [-0.15, -0.1) is 0 Å². The van der Waals surface area contributed by atoms with Gasteiger partial charge in [0.25, 0.3) is 5.91 Å². The molecule has 0 saturated carbocycles. The van der Waals surface area contributed by atoms with Crippen molar-refractivity contribution in [3.05, 3.63) is 65.7 Å². The van der Waals surface area contributed by atoms with Crippen LogP contribution in [-0.4, -0.2) is 49.2 Å². The summed E-state index contributed by atoms with van der Waals surface area (Å²) < 4.78 is 5.17. The van der Waals surface area contributed by atoms with E-state index in [1.54, 1.807) is 29.2 Å².